The Morgan fingerprint density at radius 1 is 1.21 bits per heavy atom. The first kappa shape index (κ1) is 27.6. The van der Waals surface area contributed by atoms with Crippen molar-refractivity contribution in [3.05, 3.63) is 33.9 Å². The number of carbonyl (C=O) groups is 4. The van der Waals surface area contributed by atoms with Gasteiger partial charge >= 0.3 is 18.1 Å². The van der Waals surface area contributed by atoms with E-state index in [9.17, 15) is 42.5 Å². The third-order valence-corrected chi connectivity index (χ3v) is 5.11. The van der Waals surface area contributed by atoms with Gasteiger partial charge in [-0.1, -0.05) is 0 Å². The lowest BCUT2D eigenvalue weighted by Crippen LogP contribution is -2.49. The summed E-state index contributed by atoms with van der Waals surface area (Å²) in [5.41, 5.74) is 3.16. The van der Waals surface area contributed by atoms with Gasteiger partial charge in [-0.2, -0.15) is 13.2 Å². The van der Waals surface area contributed by atoms with E-state index in [2.05, 4.69) is 5.32 Å². The summed E-state index contributed by atoms with van der Waals surface area (Å²) in [6, 6.07) is -1.01. The van der Waals surface area contributed by atoms with Crippen LogP contribution in [0.5, 0.6) is 0 Å². The first-order valence-corrected chi connectivity index (χ1v) is 9.96. The predicted molar refractivity (Wildman–Crippen MR) is 106 cm³/mol. The molecule has 1 aromatic rings. The fraction of sp³-hybridized carbons (Fsp3) is 0.412. The summed E-state index contributed by atoms with van der Waals surface area (Å²) < 4.78 is 38.5. The zero-order valence-corrected chi connectivity index (χ0v) is 17.4. The van der Waals surface area contributed by atoms with E-state index in [1.54, 1.807) is 0 Å². The number of nitrogens with two attached hydrogens (primary N) is 1. The van der Waals surface area contributed by atoms with Crippen molar-refractivity contribution in [2.45, 2.75) is 36.0 Å². The third-order valence-electron chi connectivity index (χ3n) is 3.95. The Labute approximate surface area is 187 Å². The number of aliphatic carboxylic acids is 2. The van der Waals surface area contributed by atoms with E-state index in [4.69, 9.17) is 15.9 Å². The molecule has 182 valence electrons. The molecule has 0 bridgehead atoms. The predicted octanol–water partition coefficient (Wildman–Crippen LogP) is 0.583. The van der Waals surface area contributed by atoms with Gasteiger partial charge in [-0.15, -0.1) is 11.8 Å². The number of hydrogen-bond acceptors (Lipinski definition) is 8. The Morgan fingerprint density at radius 2 is 1.85 bits per heavy atom. The van der Waals surface area contributed by atoms with Gasteiger partial charge in [0.1, 0.15) is 18.6 Å². The SMILES string of the molecule is N[C@@H](CCC(=O)N[C@@H](CSc1ccc(C(F)(F)F)cc1[N+](=O)[O-])C(=O)NCC(=O)O)C(=O)O. The number of thioether (sulfide) groups is 1. The topological polar surface area (TPSA) is 202 Å². The normalized spacial score (nSPS) is 13.0. The number of nitro groups is 1. The van der Waals surface area contributed by atoms with Crippen LogP contribution in [0.3, 0.4) is 0 Å². The number of carboxylic acid groups (broad SMARTS) is 2. The fourth-order valence-electron chi connectivity index (χ4n) is 2.28. The van der Waals surface area contributed by atoms with Gasteiger partial charge in [0.25, 0.3) is 5.69 Å². The van der Waals surface area contributed by atoms with Crippen LogP contribution in [0.25, 0.3) is 0 Å². The number of nitrogens with one attached hydrogen (secondary N) is 2. The number of halogens is 3. The molecule has 1 aromatic carbocycles. The Bertz CT molecular complexity index is 928. The van der Waals surface area contributed by atoms with Gasteiger partial charge < -0.3 is 26.6 Å². The van der Waals surface area contributed by atoms with Crippen molar-refractivity contribution in [2.24, 2.45) is 5.73 Å². The highest BCUT2D eigenvalue weighted by molar-refractivity contribution is 7.99. The van der Waals surface area contributed by atoms with Crippen LogP contribution < -0.4 is 16.4 Å². The monoisotopic (exact) mass is 496 g/mol. The number of alkyl halides is 3. The fourth-order valence-corrected chi connectivity index (χ4v) is 3.30. The molecular weight excluding hydrogens is 477 g/mol. The zero-order valence-electron chi connectivity index (χ0n) is 16.6. The van der Waals surface area contributed by atoms with E-state index in [0.717, 1.165) is 6.07 Å². The minimum absolute atomic E-state index is 0.230. The Morgan fingerprint density at radius 3 is 2.36 bits per heavy atom. The molecule has 33 heavy (non-hydrogen) atoms. The van der Waals surface area contributed by atoms with Crippen LogP contribution >= 0.6 is 11.8 Å². The molecule has 0 aliphatic carbocycles. The van der Waals surface area contributed by atoms with Gasteiger partial charge in [-0.25, -0.2) is 0 Å². The van der Waals surface area contributed by atoms with Crippen molar-refractivity contribution in [3.63, 3.8) is 0 Å². The zero-order chi connectivity index (χ0) is 25.3. The van der Waals surface area contributed by atoms with Crippen molar-refractivity contribution >= 4 is 41.2 Å². The molecule has 0 spiro atoms. The molecule has 0 fully saturated rings. The number of rotatable bonds is 12. The highest BCUT2D eigenvalue weighted by Crippen LogP contribution is 2.36. The smallest absolute Gasteiger partial charge is 0.416 e. The van der Waals surface area contributed by atoms with E-state index >= 15 is 0 Å². The number of carbonyl (C=O) groups excluding carboxylic acids is 2. The molecule has 16 heteroatoms. The Hall–Kier alpha value is -3.40. The van der Waals surface area contributed by atoms with Crippen LogP contribution in [-0.4, -0.2) is 63.3 Å². The summed E-state index contributed by atoms with van der Waals surface area (Å²) in [6.07, 6.45) is -5.50. The summed E-state index contributed by atoms with van der Waals surface area (Å²) in [4.78, 5) is 55.6. The second-order valence-electron chi connectivity index (χ2n) is 6.46. The summed E-state index contributed by atoms with van der Waals surface area (Å²) in [5, 5.41) is 32.8. The van der Waals surface area contributed by atoms with Gasteiger partial charge in [0.15, 0.2) is 0 Å². The van der Waals surface area contributed by atoms with Crippen molar-refractivity contribution in [1.82, 2.24) is 10.6 Å². The second kappa shape index (κ2) is 12.0. The van der Waals surface area contributed by atoms with Crippen LogP contribution in [0, 0.1) is 10.1 Å². The number of nitro benzene ring substituents is 1. The van der Waals surface area contributed by atoms with Gasteiger partial charge in [-0.3, -0.25) is 29.3 Å². The van der Waals surface area contributed by atoms with Gasteiger partial charge in [0.05, 0.1) is 15.4 Å². The number of benzene rings is 1. The number of amides is 2. The van der Waals surface area contributed by atoms with E-state index < -0.39 is 76.9 Å². The molecular formula is C17H19F3N4O8S. The Kier molecular flexibility index (Phi) is 10.1. The van der Waals surface area contributed by atoms with Crippen molar-refractivity contribution < 1.29 is 47.5 Å². The molecule has 0 unspecified atom stereocenters. The molecule has 2 amide bonds. The molecule has 0 aliphatic rings. The molecule has 12 nitrogen and oxygen atoms in total. The van der Waals surface area contributed by atoms with Crippen LogP contribution in [0.1, 0.15) is 18.4 Å². The van der Waals surface area contributed by atoms with Crippen LogP contribution in [0.4, 0.5) is 18.9 Å². The number of nitrogens with zero attached hydrogens (tertiary/aromatic N) is 1. The lowest BCUT2D eigenvalue weighted by Gasteiger charge is -2.18. The van der Waals surface area contributed by atoms with Crippen LogP contribution in [0.2, 0.25) is 0 Å². The lowest BCUT2D eigenvalue weighted by molar-refractivity contribution is -0.388. The average molecular weight is 496 g/mol. The van der Waals surface area contributed by atoms with E-state index in [0.29, 0.717) is 23.9 Å². The van der Waals surface area contributed by atoms with Gasteiger partial charge in [0, 0.05) is 18.2 Å². The first-order chi connectivity index (χ1) is 15.2. The van der Waals surface area contributed by atoms with Gasteiger partial charge in [-0.05, 0) is 18.6 Å². The summed E-state index contributed by atoms with van der Waals surface area (Å²) in [6.45, 7) is -0.805. The largest absolute Gasteiger partial charge is 0.480 e. The van der Waals surface area contributed by atoms with Crippen molar-refractivity contribution in [3.8, 4) is 0 Å². The maximum absolute atomic E-state index is 12.8. The maximum Gasteiger partial charge on any atom is 0.416 e. The second-order valence-corrected chi connectivity index (χ2v) is 7.53. The summed E-state index contributed by atoms with van der Waals surface area (Å²) in [7, 11) is 0. The van der Waals surface area contributed by atoms with Crippen molar-refractivity contribution in [2.75, 3.05) is 12.3 Å². The quantitative estimate of drug-likeness (QED) is 0.155. The minimum Gasteiger partial charge on any atom is -0.480 e. The highest BCUT2D eigenvalue weighted by Gasteiger charge is 2.33. The molecule has 0 aromatic heterocycles. The molecule has 0 saturated heterocycles. The maximum atomic E-state index is 12.8. The molecule has 0 heterocycles. The number of carboxylic acids is 2. The van der Waals surface area contributed by atoms with Gasteiger partial charge in [0.2, 0.25) is 11.8 Å². The van der Waals surface area contributed by atoms with Crippen LogP contribution in [-0.2, 0) is 25.4 Å². The first-order valence-electron chi connectivity index (χ1n) is 8.98. The molecule has 2 atom stereocenters. The van der Waals surface area contributed by atoms with Crippen LogP contribution in [0.15, 0.2) is 23.1 Å². The van der Waals surface area contributed by atoms with Crippen molar-refractivity contribution in [1.29, 1.82) is 0 Å². The van der Waals surface area contributed by atoms with E-state index in [1.807, 2.05) is 5.32 Å². The highest BCUT2D eigenvalue weighted by atomic mass is 32.2. The third kappa shape index (κ3) is 9.32. The summed E-state index contributed by atoms with van der Waals surface area (Å²) in [5.74, 6) is -4.95. The molecule has 0 saturated carbocycles. The molecule has 0 aliphatic heterocycles. The lowest BCUT2D eigenvalue weighted by atomic mass is 10.1. The van der Waals surface area contributed by atoms with E-state index in [-0.39, 0.29) is 11.3 Å². The molecule has 0 radical (unpaired) electrons. The van der Waals surface area contributed by atoms with E-state index in [1.165, 1.54) is 0 Å². The Balaban J connectivity index is 3.00. The standard InChI is InChI=1S/C17H19F3N4O8S/c18-17(19,20)8-1-3-12(11(5-8)24(31)32)33-7-10(15(28)22-6-14(26)27)23-13(25)4-2-9(21)16(29)30/h1,3,5,9-10H,2,4,6-7,21H2,(H,22,28)(H,23,25)(H,26,27)(H,29,30)/t9-,10-/m0/s1. The summed E-state index contributed by atoms with van der Waals surface area (Å²) >= 11 is 0.586. The molecule has 6 N–H and O–H groups in total. The average Bonchev–Trinajstić information content (AvgIpc) is 2.71. The number of hydrogen-bond donors (Lipinski definition) is 5. The molecule has 1 rings (SSSR count). The minimum atomic E-state index is -4.82.